The number of carbonyl (C=O) groups is 2. The maximum Gasteiger partial charge on any atom is 0.321 e. The van der Waals surface area contributed by atoms with Gasteiger partial charge in [0.25, 0.3) is 0 Å². The Morgan fingerprint density at radius 1 is 1.35 bits per heavy atom. The van der Waals surface area contributed by atoms with E-state index < -0.39 is 6.03 Å². The van der Waals surface area contributed by atoms with E-state index in [4.69, 9.17) is 5.73 Å². The van der Waals surface area contributed by atoms with Gasteiger partial charge in [0.2, 0.25) is 5.91 Å². The topological polar surface area (TPSA) is 87.5 Å². The molecule has 0 spiro atoms. The van der Waals surface area contributed by atoms with Crippen molar-refractivity contribution >= 4 is 11.9 Å². The molecule has 4 N–H and O–H groups in total. The minimum absolute atomic E-state index is 0.00774. The van der Waals surface area contributed by atoms with Crippen LogP contribution in [0.15, 0.2) is 0 Å². The second kappa shape index (κ2) is 6.10. The number of nitrogens with zero attached hydrogens (tertiary/aromatic N) is 1. The summed E-state index contributed by atoms with van der Waals surface area (Å²) in [6, 6.07) is -0.290. The van der Waals surface area contributed by atoms with E-state index in [0.717, 1.165) is 19.5 Å². The zero-order chi connectivity index (χ0) is 15.6. The highest BCUT2D eigenvalue weighted by Crippen LogP contribution is 2.27. The van der Waals surface area contributed by atoms with E-state index in [0.29, 0.717) is 0 Å². The Bertz CT molecular complexity index is 374. The predicted octanol–water partition coefficient (Wildman–Crippen LogP) is 0.670. The zero-order valence-electron chi connectivity index (χ0n) is 13.2. The van der Waals surface area contributed by atoms with E-state index in [2.05, 4.69) is 24.5 Å². The molecule has 20 heavy (non-hydrogen) atoms. The van der Waals surface area contributed by atoms with Crippen LogP contribution in [-0.2, 0) is 4.79 Å². The highest BCUT2D eigenvalue weighted by Gasteiger charge is 2.34. The average molecular weight is 284 g/mol. The summed E-state index contributed by atoms with van der Waals surface area (Å²) in [4.78, 5) is 25.5. The Labute approximate surface area is 121 Å². The first-order valence-electron chi connectivity index (χ1n) is 7.09. The molecule has 6 nitrogen and oxygen atoms in total. The molecule has 0 aliphatic carbocycles. The van der Waals surface area contributed by atoms with Gasteiger partial charge in [-0.2, -0.15) is 0 Å². The van der Waals surface area contributed by atoms with Crippen molar-refractivity contribution < 1.29 is 9.59 Å². The van der Waals surface area contributed by atoms with Crippen molar-refractivity contribution in [3.63, 3.8) is 0 Å². The number of hydrogen-bond acceptors (Lipinski definition) is 4. The van der Waals surface area contributed by atoms with Crippen molar-refractivity contribution in [1.29, 1.82) is 0 Å². The molecule has 3 amide bonds. The van der Waals surface area contributed by atoms with Gasteiger partial charge in [-0.05, 0) is 32.6 Å². The molecule has 1 rings (SSSR count). The van der Waals surface area contributed by atoms with Gasteiger partial charge in [0.05, 0.1) is 6.54 Å². The van der Waals surface area contributed by atoms with Crippen molar-refractivity contribution in [2.24, 2.45) is 11.1 Å². The number of nitrogens with one attached hydrogen (secondary N) is 2. The summed E-state index contributed by atoms with van der Waals surface area (Å²) in [5.74, 6) is -0.280. The third kappa shape index (κ3) is 5.46. The molecule has 1 unspecified atom stereocenters. The normalized spacial score (nSPS) is 23.2. The van der Waals surface area contributed by atoms with E-state index in [9.17, 15) is 9.59 Å². The molecule has 0 aromatic carbocycles. The van der Waals surface area contributed by atoms with Crippen molar-refractivity contribution in [1.82, 2.24) is 15.5 Å². The molecule has 1 saturated heterocycles. The van der Waals surface area contributed by atoms with Crippen LogP contribution in [0.5, 0.6) is 0 Å². The number of urea groups is 1. The van der Waals surface area contributed by atoms with Gasteiger partial charge in [-0.3, -0.25) is 15.0 Å². The third-order valence-electron chi connectivity index (χ3n) is 3.50. The number of rotatable bonds is 2. The highest BCUT2D eigenvalue weighted by atomic mass is 16.2. The highest BCUT2D eigenvalue weighted by molar-refractivity contribution is 5.95. The van der Waals surface area contributed by atoms with Crippen molar-refractivity contribution in [3.8, 4) is 0 Å². The van der Waals surface area contributed by atoms with Crippen LogP contribution >= 0.6 is 0 Å². The minimum Gasteiger partial charge on any atom is -0.333 e. The second-order valence-electron chi connectivity index (χ2n) is 7.35. The van der Waals surface area contributed by atoms with Gasteiger partial charge < -0.3 is 11.1 Å². The summed E-state index contributed by atoms with van der Waals surface area (Å²) >= 11 is 0. The van der Waals surface area contributed by atoms with Gasteiger partial charge in [-0.1, -0.05) is 13.8 Å². The molecule has 6 heteroatoms. The minimum atomic E-state index is -0.449. The molecule has 1 aliphatic heterocycles. The SMILES string of the molecule is CC(C)(C)NC(=O)NC(=O)CN1CCC(N)C(C)(C)C1. The maximum absolute atomic E-state index is 11.9. The standard InChI is InChI=1S/C14H28N4O2/c1-13(2,3)17-12(20)16-11(19)8-18-7-6-10(15)14(4,5)9-18/h10H,6-9,15H2,1-5H3,(H2,16,17,19,20). The number of amides is 3. The molecule has 0 bridgehead atoms. The molecule has 1 heterocycles. The molecule has 0 radical (unpaired) electrons. The fraction of sp³-hybridized carbons (Fsp3) is 0.857. The van der Waals surface area contributed by atoms with Crippen LogP contribution in [0.3, 0.4) is 0 Å². The fourth-order valence-corrected chi connectivity index (χ4v) is 2.36. The Hall–Kier alpha value is -1.14. The van der Waals surface area contributed by atoms with E-state index in [1.807, 2.05) is 25.7 Å². The Morgan fingerprint density at radius 2 is 1.95 bits per heavy atom. The molecule has 116 valence electrons. The fourth-order valence-electron chi connectivity index (χ4n) is 2.36. The Balaban J connectivity index is 2.42. The van der Waals surface area contributed by atoms with Crippen LogP contribution < -0.4 is 16.4 Å². The smallest absolute Gasteiger partial charge is 0.321 e. The van der Waals surface area contributed by atoms with Gasteiger partial charge in [0.1, 0.15) is 0 Å². The summed E-state index contributed by atoms with van der Waals surface area (Å²) in [6.07, 6.45) is 0.870. The molecular weight excluding hydrogens is 256 g/mol. The van der Waals surface area contributed by atoms with Crippen LogP contribution in [0.25, 0.3) is 0 Å². The molecule has 1 atom stereocenters. The number of hydrogen-bond donors (Lipinski definition) is 3. The molecule has 0 saturated carbocycles. The van der Waals surface area contributed by atoms with Crippen molar-refractivity contribution in [3.05, 3.63) is 0 Å². The number of likely N-dealkylation sites (tertiary alicyclic amines) is 1. The van der Waals surface area contributed by atoms with Crippen LogP contribution in [-0.4, -0.2) is 48.1 Å². The van der Waals surface area contributed by atoms with E-state index in [1.54, 1.807) is 0 Å². The van der Waals surface area contributed by atoms with Crippen LogP contribution in [0.1, 0.15) is 41.0 Å². The summed E-state index contributed by atoms with van der Waals surface area (Å²) in [6.45, 7) is 11.6. The third-order valence-corrected chi connectivity index (χ3v) is 3.50. The lowest BCUT2D eigenvalue weighted by Crippen LogP contribution is -2.55. The molecule has 1 fully saturated rings. The van der Waals surface area contributed by atoms with Gasteiger partial charge in [-0.25, -0.2) is 4.79 Å². The zero-order valence-corrected chi connectivity index (χ0v) is 13.2. The number of nitrogens with two attached hydrogens (primary N) is 1. The Kier molecular flexibility index (Phi) is 5.15. The van der Waals surface area contributed by atoms with Gasteiger partial charge in [-0.15, -0.1) is 0 Å². The monoisotopic (exact) mass is 284 g/mol. The van der Waals surface area contributed by atoms with Crippen LogP contribution in [0, 0.1) is 5.41 Å². The first-order chi connectivity index (χ1) is 8.99. The summed E-state index contributed by atoms with van der Waals surface area (Å²) in [7, 11) is 0. The lowest BCUT2D eigenvalue weighted by Gasteiger charge is -2.42. The number of carbonyl (C=O) groups excluding carboxylic acids is 2. The van der Waals surface area contributed by atoms with Gasteiger partial charge in [0.15, 0.2) is 0 Å². The summed E-state index contributed by atoms with van der Waals surface area (Å²) in [5, 5.41) is 5.06. The van der Waals surface area contributed by atoms with E-state index in [1.165, 1.54) is 0 Å². The maximum atomic E-state index is 11.9. The number of piperidine rings is 1. The predicted molar refractivity (Wildman–Crippen MR) is 79.2 cm³/mol. The lowest BCUT2D eigenvalue weighted by molar-refractivity contribution is -0.122. The summed E-state index contributed by atoms with van der Waals surface area (Å²) < 4.78 is 0. The lowest BCUT2D eigenvalue weighted by atomic mass is 9.80. The van der Waals surface area contributed by atoms with Crippen molar-refractivity contribution in [2.45, 2.75) is 52.6 Å². The summed E-state index contributed by atoms with van der Waals surface area (Å²) in [5.41, 5.74) is 5.70. The molecule has 1 aliphatic rings. The first-order valence-corrected chi connectivity index (χ1v) is 7.09. The van der Waals surface area contributed by atoms with Crippen LogP contribution in [0.2, 0.25) is 0 Å². The molecule has 0 aromatic rings. The van der Waals surface area contributed by atoms with E-state index in [-0.39, 0.29) is 29.4 Å². The van der Waals surface area contributed by atoms with Crippen LogP contribution in [0.4, 0.5) is 4.79 Å². The van der Waals surface area contributed by atoms with E-state index >= 15 is 0 Å². The number of imide groups is 1. The average Bonchev–Trinajstić information content (AvgIpc) is 2.19. The molecular formula is C14H28N4O2. The quantitative estimate of drug-likeness (QED) is 0.695. The first kappa shape index (κ1) is 16.9. The van der Waals surface area contributed by atoms with Gasteiger partial charge in [0, 0.05) is 24.7 Å². The second-order valence-corrected chi connectivity index (χ2v) is 7.35. The molecule has 0 aromatic heterocycles. The van der Waals surface area contributed by atoms with Gasteiger partial charge >= 0.3 is 6.03 Å². The largest absolute Gasteiger partial charge is 0.333 e. The van der Waals surface area contributed by atoms with Crippen molar-refractivity contribution in [2.75, 3.05) is 19.6 Å². The Morgan fingerprint density at radius 3 is 2.45 bits per heavy atom.